The fourth-order valence-corrected chi connectivity index (χ4v) is 2.14. The van der Waals surface area contributed by atoms with Crippen LogP contribution in [0.2, 0.25) is 0 Å². The van der Waals surface area contributed by atoms with E-state index >= 15 is 0 Å². The third kappa shape index (κ3) is 1.63. The van der Waals surface area contributed by atoms with Gasteiger partial charge < -0.3 is 0 Å². The van der Waals surface area contributed by atoms with E-state index in [0.717, 1.165) is 27.1 Å². The summed E-state index contributed by atoms with van der Waals surface area (Å²) in [6.45, 7) is 1.97. The van der Waals surface area contributed by atoms with Gasteiger partial charge in [-0.2, -0.15) is 0 Å². The summed E-state index contributed by atoms with van der Waals surface area (Å²) in [4.78, 5) is 12.8. The summed E-state index contributed by atoms with van der Waals surface area (Å²) < 4.78 is 2.88. The maximum Gasteiger partial charge on any atom is 0.148 e. The van der Waals surface area contributed by atoms with Gasteiger partial charge in [0.15, 0.2) is 0 Å². The fourth-order valence-electron chi connectivity index (χ4n) is 1.79. The molecule has 0 saturated carbocycles. The second-order valence-corrected chi connectivity index (χ2v) is 4.48. The third-order valence-electron chi connectivity index (χ3n) is 2.63. The first-order chi connectivity index (χ1) is 8.27. The number of nitrogens with zero attached hydrogens (tertiary/aromatic N) is 4. The van der Waals surface area contributed by atoms with Crippen LogP contribution in [0, 0.1) is 6.92 Å². The molecular formula is C12H9BrN4. The molecule has 0 unspecified atom stereocenters. The van der Waals surface area contributed by atoms with E-state index in [1.807, 2.05) is 29.7 Å². The number of aryl methyl sites for hydroxylation is 1. The molecule has 0 atom stereocenters. The Morgan fingerprint density at radius 3 is 2.71 bits per heavy atom. The Hall–Kier alpha value is -1.75. The number of fused-ring (bicyclic) bond motifs is 1. The zero-order valence-corrected chi connectivity index (χ0v) is 10.7. The van der Waals surface area contributed by atoms with E-state index in [0.29, 0.717) is 0 Å². The van der Waals surface area contributed by atoms with Crippen molar-refractivity contribution in [3.8, 4) is 11.1 Å². The molecule has 0 aliphatic rings. The van der Waals surface area contributed by atoms with Gasteiger partial charge in [-0.3, -0.25) is 9.38 Å². The minimum atomic E-state index is 0.899. The van der Waals surface area contributed by atoms with Crippen LogP contribution < -0.4 is 0 Å². The molecule has 3 aromatic rings. The van der Waals surface area contributed by atoms with E-state index in [9.17, 15) is 0 Å². The lowest BCUT2D eigenvalue weighted by Gasteiger charge is -2.02. The first-order valence-electron chi connectivity index (χ1n) is 5.16. The van der Waals surface area contributed by atoms with Gasteiger partial charge in [0.05, 0.1) is 5.69 Å². The predicted octanol–water partition coefficient (Wildman–Crippen LogP) is 2.86. The first kappa shape index (κ1) is 10.4. The van der Waals surface area contributed by atoms with Gasteiger partial charge in [-0.1, -0.05) is 0 Å². The maximum absolute atomic E-state index is 4.54. The zero-order valence-electron chi connectivity index (χ0n) is 9.13. The molecule has 0 amide bonds. The van der Waals surface area contributed by atoms with Gasteiger partial charge in [-0.25, -0.2) is 9.97 Å². The molecule has 5 heteroatoms. The zero-order chi connectivity index (χ0) is 11.8. The average Bonchev–Trinajstić information content (AvgIpc) is 2.67. The lowest BCUT2D eigenvalue weighted by Crippen LogP contribution is -1.91. The van der Waals surface area contributed by atoms with Crippen molar-refractivity contribution in [1.82, 2.24) is 19.4 Å². The van der Waals surface area contributed by atoms with E-state index in [-0.39, 0.29) is 0 Å². The van der Waals surface area contributed by atoms with Gasteiger partial charge in [0.2, 0.25) is 0 Å². The monoisotopic (exact) mass is 288 g/mol. The Balaban J connectivity index is 2.35. The number of hydrogen-bond donors (Lipinski definition) is 0. The SMILES string of the molecule is Cc1nc2c(-c3ccncc3)cncn2c1Br. The molecule has 0 N–H and O–H groups in total. The van der Waals surface area contributed by atoms with Crippen molar-refractivity contribution < 1.29 is 0 Å². The summed E-state index contributed by atoms with van der Waals surface area (Å²) in [6, 6.07) is 3.91. The smallest absolute Gasteiger partial charge is 0.148 e. The molecule has 0 aliphatic carbocycles. The lowest BCUT2D eigenvalue weighted by atomic mass is 10.1. The number of hydrogen-bond acceptors (Lipinski definition) is 3. The molecular weight excluding hydrogens is 280 g/mol. The molecule has 0 saturated heterocycles. The predicted molar refractivity (Wildman–Crippen MR) is 68.7 cm³/mol. The van der Waals surface area contributed by atoms with Crippen LogP contribution in [-0.4, -0.2) is 19.4 Å². The van der Waals surface area contributed by atoms with Gasteiger partial charge in [0.25, 0.3) is 0 Å². The van der Waals surface area contributed by atoms with Crippen molar-refractivity contribution in [3.05, 3.63) is 47.3 Å². The van der Waals surface area contributed by atoms with Gasteiger partial charge in [-0.05, 0) is 40.5 Å². The molecule has 84 valence electrons. The summed E-state index contributed by atoms with van der Waals surface area (Å²) in [5, 5.41) is 0. The fraction of sp³-hybridized carbons (Fsp3) is 0.0833. The molecule has 0 aromatic carbocycles. The van der Waals surface area contributed by atoms with Crippen molar-refractivity contribution in [3.63, 3.8) is 0 Å². The molecule has 3 rings (SSSR count). The summed E-state index contributed by atoms with van der Waals surface area (Å²) in [5.74, 6) is 0. The van der Waals surface area contributed by atoms with Crippen molar-refractivity contribution >= 4 is 21.6 Å². The van der Waals surface area contributed by atoms with E-state index in [4.69, 9.17) is 0 Å². The highest BCUT2D eigenvalue weighted by molar-refractivity contribution is 9.10. The van der Waals surface area contributed by atoms with E-state index in [1.165, 1.54) is 0 Å². The summed E-state index contributed by atoms with van der Waals surface area (Å²) >= 11 is 3.51. The first-order valence-corrected chi connectivity index (χ1v) is 5.95. The largest absolute Gasteiger partial charge is 0.276 e. The Morgan fingerprint density at radius 1 is 1.18 bits per heavy atom. The molecule has 0 aliphatic heterocycles. The van der Waals surface area contributed by atoms with Crippen molar-refractivity contribution in [1.29, 1.82) is 0 Å². The van der Waals surface area contributed by atoms with Crippen LogP contribution in [0.5, 0.6) is 0 Å². The number of halogens is 1. The maximum atomic E-state index is 4.54. The second kappa shape index (κ2) is 3.92. The molecule has 0 fully saturated rings. The van der Waals surface area contributed by atoms with Gasteiger partial charge >= 0.3 is 0 Å². The quantitative estimate of drug-likeness (QED) is 0.692. The molecule has 17 heavy (non-hydrogen) atoms. The standard InChI is InChI=1S/C12H9BrN4/c1-8-11(13)17-7-15-6-10(12(17)16-8)9-2-4-14-5-3-9/h2-7H,1H3. The highest BCUT2D eigenvalue weighted by Crippen LogP contribution is 2.26. The van der Waals surface area contributed by atoms with Crippen molar-refractivity contribution in [2.24, 2.45) is 0 Å². The van der Waals surface area contributed by atoms with Crippen LogP contribution in [0.4, 0.5) is 0 Å². The van der Waals surface area contributed by atoms with Crippen LogP contribution >= 0.6 is 15.9 Å². The van der Waals surface area contributed by atoms with E-state index in [2.05, 4.69) is 30.9 Å². The van der Waals surface area contributed by atoms with Crippen LogP contribution in [-0.2, 0) is 0 Å². The average molecular weight is 289 g/mol. The highest BCUT2D eigenvalue weighted by atomic mass is 79.9. The normalized spacial score (nSPS) is 10.9. The van der Waals surface area contributed by atoms with E-state index in [1.54, 1.807) is 18.7 Å². The molecule has 3 heterocycles. The Labute approximate surface area is 106 Å². The number of rotatable bonds is 1. The van der Waals surface area contributed by atoms with Gasteiger partial charge in [0, 0.05) is 24.2 Å². The minimum Gasteiger partial charge on any atom is -0.276 e. The summed E-state index contributed by atoms with van der Waals surface area (Å²) in [7, 11) is 0. The van der Waals surface area contributed by atoms with Crippen LogP contribution in [0.15, 0.2) is 41.7 Å². The number of imidazole rings is 1. The number of pyridine rings is 1. The topological polar surface area (TPSA) is 43.1 Å². The minimum absolute atomic E-state index is 0.899. The van der Waals surface area contributed by atoms with Crippen molar-refractivity contribution in [2.75, 3.05) is 0 Å². The lowest BCUT2D eigenvalue weighted by molar-refractivity contribution is 1.06. The van der Waals surface area contributed by atoms with Gasteiger partial charge in [-0.15, -0.1) is 0 Å². The molecule has 0 radical (unpaired) electrons. The van der Waals surface area contributed by atoms with Crippen LogP contribution in [0.3, 0.4) is 0 Å². The van der Waals surface area contributed by atoms with Gasteiger partial charge in [0.1, 0.15) is 16.6 Å². The van der Waals surface area contributed by atoms with Crippen molar-refractivity contribution in [2.45, 2.75) is 6.92 Å². The Morgan fingerprint density at radius 2 is 1.94 bits per heavy atom. The molecule has 3 aromatic heterocycles. The Kier molecular flexibility index (Phi) is 2.40. The molecule has 0 spiro atoms. The second-order valence-electron chi connectivity index (χ2n) is 3.72. The summed E-state index contributed by atoms with van der Waals surface area (Å²) in [5.41, 5.74) is 3.92. The van der Waals surface area contributed by atoms with E-state index < -0.39 is 0 Å². The molecule has 0 bridgehead atoms. The number of aromatic nitrogens is 4. The molecule has 4 nitrogen and oxygen atoms in total. The van der Waals surface area contributed by atoms with Crippen LogP contribution in [0.25, 0.3) is 16.8 Å². The summed E-state index contributed by atoms with van der Waals surface area (Å²) in [6.07, 6.45) is 7.11. The third-order valence-corrected chi connectivity index (χ3v) is 3.59. The Bertz CT molecular complexity index is 676. The highest BCUT2D eigenvalue weighted by Gasteiger charge is 2.10. The van der Waals surface area contributed by atoms with Crippen LogP contribution in [0.1, 0.15) is 5.69 Å².